The van der Waals surface area contributed by atoms with Crippen LogP contribution >= 0.6 is 0 Å². The number of aromatic nitrogens is 3. The second-order valence-electron chi connectivity index (χ2n) is 3.93. The Balaban J connectivity index is 2.05. The molecule has 0 radical (unpaired) electrons. The summed E-state index contributed by atoms with van der Waals surface area (Å²) in [5.74, 6) is 1.42. The molecule has 7 heteroatoms. The normalized spacial score (nSPS) is 15.2. The van der Waals surface area contributed by atoms with Gasteiger partial charge in [0.2, 0.25) is 17.8 Å². The number of hydrogen-bond donors (Lipinski definition) is 2. The number of nitrogens with one attached hydrogen (secondary N) is 1. The molecule has 94 valence electrons. The first-order chi connectivity index (χ1) is 8.29. The van der Waals surface area contributed by atoms with Gasteiger partial charge in [0, 0.05) is 26.7 Å². The third-order valence-corrected chi connectivity index (χ3v) is 2.62. The van der Waals surface area contributed by atoms with Crippen molar-refractivity contribution in [2.45, 2.75) is 12.8 Å². The molecule has 0 amide bonds. The molecule has 0 bridgehead atoms. The van der Waals surface area contributed by atoms with Crippen LogP contribution in [0.25, 0.3) is 0 Å². The molecule has 17 heavy (non-hydrogen) atoms. The fourth-order valence-corrected chi connectivity index (χ4v) is 1.78. The molecule has 7 nitrogen and oxygen atoms in total. The third kappa shape index (κ3) is 3.16. The lowest BCUT2D eigenvalue weighted by molar-refractivity contribution is 0.210. The van der Waals surface area contributed by atoms with Gasteiger partial charge in [-0.25, -0.2) is 0 Å². The minimum Gasteiger partial charge on any atom is -0.383 e. The van der Waals surface area contributed by atoms with Crippen molar-refractivity contribution >= 4 is 17.8 Å². The van der Waals surface area contributed by atoms with Crippen LogP contribution in [0, 0.1) is 0 Å². The van der Waals surface area contributed by atoms with E-state index in [-0.39, 0.29) is 5.95 Å². The highest BCUT2D eigenvalue weighted by Crippen LogP contribution is 2.17. The molecular weight excluding hydrogens is 220 g/mol. The van der Waals surface area contributed by atoms with Gasteiger partial charge in [0.25, 0.3) is 0 Å². The van der Waals surface area contributed by atoms with Gasteiger partial charge < -0.3 is 20.7 Å². The summed E-state index contributed by atoms with van der Waals surface area (Å²) < 4.78 is 4.95. The lowest BCUT2D eigenvalue weighted by atomic mass is 10.4. The predicted molar refractivity (Wildman–Crippen MR) is 66.1 cm³/mol. The summed E-state index contributed by atoms with van der Waals surface area (Å²) in [5, 5.41) is 3.06. The summed E-state index contributed by atoms with van der Waals surface area (Å²) in [6.07, 6.45) is 2.36. The van der Waals surface area contributed by atoms with Crippen LogP contribution in [0.15, 0.2) is 0 Å². The van der Waals surface area contributed by atoms with E-state index in [1.807, 2.05) is 0 Å². The molecule has 1 aromatic rings. The van der Waals surface area contributed by atoms with Crippen LogP contribution in [-0.2, 0) is 4.74 Å². The predicted octanol–water partition coefficient (Wildman–Crippen LogP) is 0.112. The molecule has 1 aliphatic heterocycles. The van der Waals surface area contributed by atoms with E-state index in [0.29, 0.717) is 25.0 Å². The maximum absolute atomic E-state index is 5.67. The number of ether oxygens (including phenoxy) is 1. The topological polar surface area (TPSA) is 89.2 Å². The standard InChI is InChI=1S/C10H18N6O/c1-17-7-4-12-9-13-8(11)14-10(15-9)16-5-2-3-6-16/h2-7H2,1H3,(H3,11,12,13,14,15). The first kappa shape index (κ1) is 11.8. The van der Waals surface area contributed by atoms with Crippen LogP contribution in [0.5, 0.6) is 0 Å². The Labute approximate surface area is 100 Å². The number of anilines is 3. The minimum absolute atomic E-state index is 0.252. The smallest absolute Gasteiger partial charge is 0.231 e. The third-order valence-electron chi connectivity index (χ3n) is 2.62. The highest BCUT2D eigenvalue weighted by molar-refractivity contribution is 5.42. The van der Waals surface area contributed by atoms with Crippen molar-refractivity contribution in [3.05, 3.63) is 0 Å². The van der Waals surface area contributed by atoms with Gasteiger partial charge >= 0.3 is 0 Å². The molecule has 0 saturated carbocycles. The van der Waals surface area contributed by atoms with E-state index in [4.69, 9.17) is 10.5 Å². The molecule has 0 aromatic carbocycles. The first-order valence-electron chi connectivity index (χ1n) is 5.79. The molecule has 1 aromatic heterocycles. The number of nitrogens with zero attached hydrogens (tertiary/aromatic N) is 4. The van der Waals surface area contributed by atoms with Gasteiger partial charge in [-0.3, -0.25) is 0 Å². The van der Waals surface area contributed by atoms with Crippen LogP contribution in [0.3, 0.4) is 0 Å². The van der Waals surface area contributed by atoms with Crippen LogP contribution < -0.4 is 16.0 Å². The summed E-state index contributed by atoms with van der Waals surface area (Å²) in [6.45, 7) is 3.23. The van der Waals surface area contributed by atoms with Gasteiger partial charge in [-0.2, -0.15) is 15.0 Å². The Morgan fingerprint density at radius 1 is 1.29 bits per heavy atom. The van der Waals surface area contributed by atoms with Gasteiger partial charge in [-0.05, 0) is 12.8 Å². The highest BCUT2D eigenvalue weighted by atomic mass is 16.5. The zero-order valence-electron chi connectivity index (χ0n) is 10.0. The minimum atomic E-state index is 0.252. The second-order valence-corrected chi connectivity index (χ2v) is 3.93. The van der Waals surface area contributed by atoms with Crippen LogP contribution in [0.2, 0.25) is 0 Å². The van der Waals surface area contributed by atoms with E-state index in [0.717, 1.165) is 13.1 Å². The summed E-state index contributed by atoms with van der Waals surface area (Å²) >= 11 is 0. The van der Waals surface area contributed by atoms with E-state index < -0.39 is 0 Å². The lowest BCUT2D eigenvalue weighted by Crippen LogP contribution is -2.22. The molecule has 3 N–H and O–H groups in total. The van der Waals surface area contributed by atoms with Crippen LogP contribution in [-0.4, -0.2) is 48.3 Å². The molecule has 0 aliphatic carbocycles. The largest absolute Gasteiger partial charge is 0.383 e. The van der Waals surface area contributed by atoms with E-state index in [1.165, 1.54) is 12.8 Å². The number of methoxy groups -OCH3 is 1. The maximum atomic E-state index is 5.67. The molecule has 0 spiro atoms. The van der Waals surface area contributed by atoms with Crippen molar-refractivity contribution in [1.29, 1.82) is 0 Å². The summed E-state index contributed by atoms with van der Waals surface area (Å²) in [7, 11) is 1.65. The molecule has 0 unspecified atom stereocenters. The summed E-state index contributed by atoms with van der Waals surface area (Å²) in [6, 6.07) is 0. The van der Waals surface area contributed by atoms with Crippen molar-refractivity contribution in [1.82, 2.24) is 15.0 Å². The Kier molecular flexibility index (Phi) is 3.92. The van der Waals surface area contributed by atoms with E-state index in [9.17, 15) is 0 Å². The molecule has 2 heterocycles. The van der Waals surface area contributed by atoms with E-state index in [2.05, 4.69) is 25.2 Å². The van der Waals surface area contributed by atoms with Crippen LogP contribution in [0.4, 0.5) is 17.8 Å². The first-order valence-corrected chi connectivity index (χ1v) is 5.79. The maximum Gasteiger partial charge on any atom is 0.231 e. The van der Waals surface area contributed by atoms with Gasteiger partial charge in [-0.1, -0.05) is 0 Å². The number of nitrogen functional groups attached to an aromatic ring is 1. The van der Waals surface area contributed by atoms with Gasteiger partial charge in [0.1, 0.15) is 0 Å². The van der Waals surface area contributed by atoms with E-state index >= 15 is 0 Å². The molecule has 2 rings (SSSR count). The van der Waals surface area contributed by atoms with Crippen molar-refractivity contribution in [3.63, 3.8) is 0 Å². The molecular formula is C10H18N6O. The second kappa shape index (κ2) is 5.62. The summed E-state index contributed by atoms with van der Waals surface area (Å²) in [5.41, 5.74) is 5.67. The number of rotatable bonds is 5. The Bertz CT molecular complexity index is 366. The lowest BCUT2D eigenvalue weighted by Gasteiger charge is -2.15. The van der Waals surface area contributed by atoms with E-state index in [1.54, 1.807) is 7.11 Å². The fourth-order valence-electron chi connectivity index (χ4n) is 1.78. The SMILES string of the molecule is COCCNc1nc(N)nc(N2CCCC2)n1. The molecule has 1 saturated heterocycles. The monoisotopic (exact) mass is 238 g/mol. The van der Waals surface area contributed by atoms with Crippen molar-refractivity contribution in [2.24, 2.45) is 0 Å². The Morgan fingerprint density at radius 3 is 2.76 bits per heavy atom. The average Bonchev–Trinajstić information content (AvgIpc) is 2.82. The van der Waals surface area contributed by atoms with Crippen molar-refractivity contribution in [2.75, 3.05) is 49.3 Å². The molecule has 1 aliphatic rings. The Morgan fingerprint density at radius 2 is 2.06 bits per heavy atom. The molecule has 0 atom stereocenters. The molecule has 1 fully saturated rings. The highest BCUT2D eigenvalue weighted by Gasteiger charge is 2.16. The quantitative estimate of drug-likeness (QED) is 0.704. The van der Waals surface area contributed by atoms with Gasteiger partial charge in [0.05, 0.1) is 6.61 Å². The average molecular weight is 238 g/mol. The van der Waals surface area contributed by atoms with Gasteiger partial charge in [-0.15, -0.1) is 0 Å². The van der Waals surface area contributed by atoms with Gasteiger partial charge in [0.15, 0.2) is 0 Å². The van der Waals surface area contributed by atoms with Crippen LogP contribution in [0.1, 0.15) is 12.8 Å². The van der Waals surface area contributed by atoms with Crippen molar-refractivity contribution in [3.8, 4) is 0 Å². The van der Waals surface area contributed by atoms with Crippen molar-refractivity contribution < 1.29 is 4.74 Å². The fraction of sp³-hybridized carbons (Fsp3) is 0.700. The zero-order chi connectivity index (χ0) is 12.1. The zero-order valence-corrected chi connectivity index (χ0v) is 10.0. The number of hydrogen-bond acceptors (Lipinski definition) is 7. The summed E-state index contributed by atoms with van der Waals surface area (Å²) in [4.78, 5) is 14.7. The number of nitrogens with two attached hydrogens (primary N) is 1. The Hall–Kier alpha value is -1.63.